The van der Waals surface area contributed by atoms with Crippen molar-refractivity contribution in [2.75, 3.05) is 25.9 Å². The van der Waals surface area contributed by atoms with Gasteiger partial charge < -0.3 is 5.32 Å². The van der Waals surface area contributed by atoms with Crippen LogP contribution in [0.3, 0.4) is 0 Å². The maximum atomic E-state index is 11.6. The summed E-state index contributed by atoms with van der Waals surface area (Å²) in [5, 5.41) is 3.53. The van der Waals surface area contributed by atoms with Crippen molar-refractivity contribution in [1.82, 2.24) is 9.62 Å². The summed E-state index contributed by atoms with van der Waals surface area (Å²) in [6, 6.07) is 8.43. The molecule has 0 aliphatic carbocycles. The van der Waals surface area contributed by atoms with Gasteiger partial charge in [0.1, 0.15) is 0 Å². The van der Waals surface area contributed by atoms with E-state index in [1.54, 1.807) is 4.31 Å². The number of piperidine rings is 1. The molecule has 0 amide bonds. The molecule has 2 rings (SSSR count). The highest BCUT2D eigenvalue weighted by atomic mass is 79.9. The van der Waals surface area contributed by atoms with E-state index in [-0.39, 0.29) is 6.04 Å². The zero-order chi connectivity index (χ0) is 15.5. The van der Waals surface area contributed by atoms with Gasteiger partial charge in [-0.15, -0.1) is 0 Å². The Hall–Kier alpha value is -0.430. The van der Waals surface area contributed by atoms with Crippen molar-refractivity contribution in [3.63, 3.8) is 0 Å². The lowest BCUT2D eigenvalue weighted by molar-refractivity contribution is 0.257. The first-order valence-electron chi connectivity index (χ1n) is 7.31. The van der Waals surface area contributed by atoms with Crippen LogP contribution in [0.2, 0.25) is 0 Å². The number of rotatable bonds is 5. The number of halogens is 1. The number of benzene rings is 1. The monoisotopic (exact) mass is 374 g/mol. The average Bonchev–Trinajstić information content (AvgIpc) is 2.45. The van der Waals surface area contributed by atoms with Crippen molar-refractivity contribution in [3.8, 4) is 0 Å². The van der Waals surface area contributed by atoms with Crippen molar-refractivity contribution < 1.29 is 8.42 Å². The van der Waals surface area contributed by atoms with E-state index in [4.69, 9.17) is 0 Å². The van der Waals surface area contributed by atoms with Crippen LogP contribution in [0.4, 0.5) is 0 Å². The fraction of sp³-hybridized carbons (Fsp3) is 0.600. The number of nitrogens with zero attached hydrogens (tertiary/aromatic N) is 1. The minimum Gasteiger partial charge on any atom is -0.310 e. The van der Waals surface area contributed by atoms with Crippen LogP contribution in [-0.2, 0) is 10.0 Å². The minimum absolute atomic E-state index is 0.245. The van der Waals surface area contributed by atoms with E-state index in [0.29, 0.717) is 19.0 Å². The first-order valence-corrected chi connectivity index (χ1v) is 9.95. The van der Waals surface area contributed by atoms with Gasteiger partial charge in [0.05, 0.1) is 6.26 Å². The van der Waals surface area contributed by atoms with Gasteiger partial charge in [0, 0.05) is 23.6 Å². The normalized spacial score (nSPS) is 22.1. The van der Waals surface area contributed by atoms with E-state index in [0.717, 1.165) is 23.9 Å². The van der Waals surface area contributed by atoms with Crippen LogP contribution < -0.4 is 5.32 Å². The smallest absolute Gasteiger partial charge is 0.211 e. The molecule has 0 saturated carbocycles. The average molecular weight is 375 g/mol. The third kappa shape index (κ3) is 4.77. The van der Waals surface area contributed by atoms with E-state index < -0.39 is 10.0 Å². The summed E-state index contributed by atoms with van der Waals surface area (Å²) in [6.45, 7) is 4.27. The molecule has 0 radical (unpaired) electrons. The molecule has 118 valence electrons. The molecule has 1 fully saturated rings. The SMILES string of the molecule is C[C@@H](NCC1CCCN(S(C)(=O)=O)C1)c1ccccc1Br. The second-order valence-electron chi connectivity index (χ2n) is 5.78. The summed E-state index contributed by atoms with van der Waals surface area (Å²) >= 11 is 3.57. The Morgan fingerprint density at radius 1 is 1.43 bits per heavy atom. The predicted octanol–water partition coefficient (Wildman–Crippen LogP) is 2.77. The Morgan fingerprint density at radius 3 is 2.81 bits per heavy atom. The Labute approximate surface area is 136 Å². The molecule has 1 heterocycles. The summed E-state index contributed by atoms with van der Waals surface area (Å²) < 4.78 is 26.0. The topological polar surface area (TPSA) is 49.4 Å². The summed E-state index contributed by atoms with van der Waals surface area (Å²) in [5.41, 5.74) is 1.23. The molecule has 6 heteroatoms. The molecule has 1 N–H and O–H groups in total. The summed E-state index contributed by atoms with van der Waals surface area (Å²) in [6.07, 6.45) is 3.33. The van der Waals surface area contributed by atoms with Crippen LogP contribution in [0.5, 0.6) is 0 Å². The second-order valence-corrected chi connectivity index (χ2v) is 8.62. The zero-order valence-electron chi connectivity index (χ0n) is 12.5. The molecule has 1 aliphatic heterocycles. The van der Waals surface area contributed by atoms with Crippen molar-refractivity contribution in [2.24, 2.45) is 5.92 Å². The van der Waals surface area contributed by atoms with Gasteiger partial charge in [-0.25, -0.2) is 12.7 Å². The highest BCUT2D eigenvalue weighted by molar-refractivity contribution is 9.10. The van der Waals surface area contributed by atoms with Gasteiger partial charge in [0.2, 0.25) is 10.0 Å². The standard InChI is InChI=1S/C15H23BrN2O2S/c1-12(14-7-3-4-8-15(14)16)17-10-13-6-5-9-18(11-13)21(2,19)20/h3-4,7-8,12-13,17H,5-6,9-11H2,1-2H3/t12-,13?/m1/s1. The van der Waals surface area contributed by atoms with Gasteiger partial charge >= 0.3 is 0 Å². The molecule has 1 aromatic carbocycles. The molecule has 1 aromatic rings. The summed E-state index contributed by atoms with van der Waals surface area (Å²) in [4.78, 5) is 0. The van der Waals surface area contributed by atoms with Crippen molar-refractivity contribution in [1.29, 1.82) is 0 Å². The van der Waals surface area contributed by atoms with Crippen LogP contribution in [0.1, 0.15) is 31.4 Å². The zero-order valence-corrected chi connectivity index (χ0v) is 15.0. The molecule has 1 aliphatic rings. The lowest BCUT2D eigenvalue weighted by Gasteiger charge is -2.31. The van der Waals surface area contributed by atoms with Gasteiger partial charge in [0.15, 0.2) is 0 Å². The lowest BCUT2D eigenvalue weighted by Crippen LogP contribution is -2.42. The third-order valence-corrected chi connectivity index (χ3v) is 6.03. The number of hydrogen-bond acceptors (Lipinski definition) is 3. The largest absolute Gasteiger partial charge is 0.310 e. The van der Waals surface area contributed by atoms with E-state index in [9.17, 15) is 8.42 Å². The Bertz CT molecular complexity index is 577. The maximum absolute atomic E-state index is 11.6. The fourth-order valence-corrected chi connectivity index (χ4v) is 4.34. The molecule has 2 atom stereocenters. The highest BCUT2D eigenvalue weighted by Crippen LogP contribution is 2.24. The Balaban J connectivity index is 1.90. The summed E-state index contributed by atoms with van der Waals surface area (Å²) in [7, 11) is -3.06. The van der Waals surface area contributed by atoms with Gasteiger partial charge in [-0.2, -0.15) is 0 Å². The molecule has 21 heavy (non-hydrogen) atoms. The second kappa shape index (κ2) is 7.22. The summed E-state index contributed by atoms with van der Waals surface area (Å²) in [5.74, 6) is 0.387. The predicted molar refractivity (Wildman–Crippen MR) is 89.7 cm³/mol. The van der Waals surface area contributed by atoms with Gasteiger partial charge in [0.25, 0.3) is 0 Å². The van der Waals surface area contributed by atoms with Crippen molar-refractivity contribution >= 4 is 26.0 Å². The van der Waals surface area contributed by atoms with Gasteiger partial charge in [-0.3, -0.25) is 0 Å². The maximum Gasteiger partial charge on any atom is 0.211 e. The van der Waals surface area contributed by atoms with E-state index in [2.05, 4.69) is 34.2 Å². The van der Waals surface area contributed by atoms with E-state index in [1.165, 1.54) is 11.8 Å². The number of hydrogen-bond donors (Lipinski definition) is 1. The molecule has 4 nitrogen and oxygen atoms in total. The van der Waals surface area contributed by atoms with Crippen molar-refractivity contribution in [3.05, 3.63) is 34.3 Å². The highest BCUT2D eigenvalue weighted by Gasteiger charge is 2.26. The van der Waals surface area contributed by atoms with Gasteiger partial charge in [-0.1, -0.05) is 34.1 Å². The number of nitrogens with one attached hydrogen (secondary N) is 1. The van der Waals surface area contributed by atoms with E-state index >= 15 is 0 Å². The molecule has 0 aromatic heterocycles. The van der Waals surface area contributed by atoms with E-state index in [1.807, 2.05) is 18.2 Å². The molecule has 0 spiro atoms. The van der Waals surface area contributed by atoms with Crippen LogP contribution in [0, 0.1) is 5.92 Å². The molecular weight excluding hydrogens is 352 g/mol. The molecule has 0 bridgehead atoms. The first-order chi connectivity index (χ1) is 9.88. The quantitative estimate of drug-likeness (QED) is 0.861. The van der Waals surface area contributed by atoms with Crippen LogP contribution in [0.25, 0.3) is 0 Å². The minimum atomic E-state index is -3.06. The molecular formula is C15H23BrN2O2S. The molecule has 1 saturated heterocycles. The third-order valence-electron chi connectivity index (χ3n) is 4.04. The first kappa shape index (κ1) is 16.9. The van der Waals surface area contributed by atoms with Crippen LogP contribution in [0.15, 0.2) is 28.7 Å². The lowest BCUT2D eigenvalue weighted by atomic mass is 9.99. The Morgan fingerprint density at radius 2 is 2.14 bits per heavy atom. The van der Waals surface area contributed by atoms with Crippen LogP contribution in [-0.4, -0.2) is 38.6 Å². The van der Waals surface area contributed by atoms with Crippen molar-refractivity contribution in [2.45, 2.75) is 25.8 Å². The number of sulfonamides is 1. The fourth-order valence-electron chi connectivity index (χ4n) is 2.77. The van der Waals surface area contributed by atoms with Crippen LogP contribution >= 0.6 is 15.9 Å². The van der Waals surface area contributed by atoms with Gasteiger partial charge in [-0.05, 0) is 43.9 Å². The Kier molecular flexibility index (Phi) is 5.82. The molecule has 1 unspecified atom stereocenters.